The molecule has 4 fully saturated rings. The molecule has 2 atom stereocenters. The number of ether oxygens (including phenoxy) is 2. The highest BCUT2D eigenvalue weighted by atomic mass is 35.5. The topological polar surface area (TPSA) is 110 Å². The van der Waals surface area contributed by atoms with Gasteiger partial charge in [-0.15, -0.1) is 0 Å². The number of aliphatic hydroxyl groups excluding tert-OH is 1. The molecule has 4 saturated heterocycles. The number of anilines is 2. The monoisotopic (exact) mass is 560 g/mol. The van der Waals surface area contributed by atoms with Crippen molar-refractivity contribution in [3.63, 3.8) is 0 Å². The SMILES string of the molecule is Cc1nc(N2CCC3(CC2)CO[C@@H](C)[C@H]3N)c(CO)nc1Sc1ccnc(N2CC3(CCOCC3)C2)c1Cl. The average Bonchev–Trinajstić information content (AvgIpc) is 3.18. The third-order valence-electron chi connectivity index (χ3n) is 9.08. The molecule has 0 unspecified atom stereocenters. The number of pyridine rings is 1. The fraction of sp³-hybridized carbons (Fsp3) is 0.667. The van der Waals surface area contributed by atoms with Crippen molar-refractivity contribution in [1.29, 1.82) is 0 Å². The van der Waals surface area contributed by atoms with E-state index >= 15 is 0 Å². The minimum Gasteiger partial charge on any atom is -0.390 e. The van der Waals surface area contributed by atoms with E-state index in [1.54, 1.807) is 0 Å². The fourth-order valence-corrected chi connectivity index (χ4v) is 7.68. The second-order valence-corrected chi connectivity index (χ2v) is 12.9. The summed E-state index contributed by atoms with van der Waals surface area (Å²) in [5.41, 5.74) is 8.27. The van der Waals surface area contributed by atoms with Crippen molar-refractivity contribution in [2.75, 3.05) is 55.8 Å². The van der Waals surface area contributed by atoms with Crippen LogP contribution in [-0.4, -0.2) is 78.2 Å². The van der Waals surface area contributed by atoms with E-state index < -0.39 is 0 Å². The Labute approximate surface area is 233 Å². The maximum absolute atomic E-state index is 10.2. The number of hydrogen-bond donors (Lipinski definition) is 2. The summed E-state index contributed by atoms with van der Waals surface area (Å²) >= 11 is 8.36. The molecule has 6 rings (SSSR count). The molecule has 2 aromatic rings. The first-order valence-electron chi connectivity index (χ1n) is 13.6. The summed E-state index contributed by atoms with van der Waals surface area (Å²) < 4.78 is 11.4. The van der Waals surface area contributed by atoms with Crippen molar-refractivity contribution in [2.24, 2.45) is 16.6 Å². The molecule has 0 aliphatic carbocycles. The highest BCUT2D eigenvalue weighted by Gasteiger charge is 2.48. The lowest BCUT2D eigenvalue weighted by Crippen LogP contribution is -2.59. The number of aryl methyl sites for hydroxylation is 1. The van der Waals surface area contributed by atoms with Gasteiger partial charge in [0, 0.05) is 67.4 Å². The standard InChI is InChI=1S/C27H37ClN6O3S/c1-17-25(38-20-3-8-30-24(21(20)28)34-14-26(15-34)6-11-36-12-7-26)32-19(13-35)23(31-17)33-9-4-27(5-10-33)16-37-18(2)22(27)29/h3,8,18,22,35H,4-7,9-16,29H2,1-2H3/t18-,22+/m0/s1. The van der Waals surface area contributed by atoms with E-state index in [1.807, 2.05) is 19.2 Å². The fourth-order valence-electron chi connectivity index (χ4n) is 6.47. The molecule has 206 valence electrons. The lowest BCUT2D eigenvalue weighted by molar-refractivity contribution is -0.000458. The molecule has 0 bridgehead atoms. The molecule has 11 heteroatoms. The van der Waals surface area contributed by atoms with Crippen molar-refractivity contribution in [3.8, 4) is 0 Å². The number of halogens is 1. The predicted molar refractivity (Wildman–Crippen MR) is 148 cm³/mol. The number of nitrogens with two attached hydrogens (primary N) is 1. The lowest BCUT2D eigenvalue weighted by atomic mass is 9.73. The molecule has 0 aromatic carbocycles. The van der Waals surface area contributed by atoms with Crippen molar-refractivity contribution in [3.05, 3.63) is 28.7 Å². The zero-order valence-electron chi connectivity index (χ0n) is 22.2. The maximum atomic E-state index is 10.2. The van der Waals surface area contributed by atoms with Gasteiger partial charge in [-0.2, -0.15) is 0 Å². The first-order chi connectivity index (χ1) is 18.3. The first kappa shape index (κ1) is 26.5. The molecule has 2 aromatic heterocycles. The van der Waals surface area contributed by atoms with Crippen LogP contribution in [0.25, 0.3) is 0 Å². The quantitative estimate of drug-likeness (QED) is 0.564. The molecule has 4 aliphatic heterocycles. The largest absolute Gasteiger partial charge is 0.390 e. The minimum atomic E-state index is -0.174. The Morgan fingerprint density at radius 1 is 1.13 bits per heavy atom. The molecule has 0 saturated carbocycles. The molecule has 0 radical (unpaired) electrons. The van der Waals surface area contributed by atoms with E-state index in [-0.39, 0.29) is 24.2 Å². The van der Waals surface area contributed by atoms with Crippen LogP contribution in [0.15, 0.2) is 22.2 Å². The molecular formula is C27H37ClN6O3S. The van der Waals surface area contributed by atoms with Crippen LogP contribution in [0.1, 0.15) is 44.0 Å². The van der Waals surface area contributed by atoms with Crippen molar-refractivity contribution >= 4 is 35.0 Å². The Bertz CT molecular complexity index is 1180. The van der Waals surface area contributed by atoms with Gasteiger partial charge < -0.3 is 30.1 Å². The van der Waals surface area contributed by atoms with Gasteiger partial charge in [0.05, 0.1) is 30.0 Å². The molecule has 6 heterocycles. The molecular weight excluding hydrogens is 524 g/mol. The summed E-state index contributed by atoms with van der Waals surface area (Å²) in [5, 5.41) is 11.6. The van der Waals surface area contributed by atoms with Crippen LogP contribution < -0.4 is 15.5 Å². The first-order valence-corrected chi connectivity index (χ1v) is 14.8. The molecule has 2 spiro atoms. The summed E-state index contributed by atoms with van der Waals surface area (Å²) in [6, 6.07) is 1.98. The van der Waals surface area contributed by atoms with Crippen LogP contribution >= 0.6 is 23.4 Å². The zero-order valence-corrected chi connectivity index (χ0v) is 23.7. The van der Waals surface area contributed by atoms with Crippen LogP contribution in [-0.2, 0) is 16.1 Å². The minimum absolute atomic E-state index is 0.0320. The van der Waals surface area contributed by atoms with Gasteiger partial charge in [0.2, 0.25) is 0 Å². The van der Waals surface area contributed by atoms with E-state index in [9.17, 15) is 5.11 Å². The number of aliphatic hydroxyl groups is 1. The van der Waals surface area contributed by atoms with Gasteiger partial charge in [0.25, 0.3) is 0 Å². The van der Waals surface area contributed by atoms with Gasteiger partial charge in [0.1, 0.15) is 16.5 Å². The Hall–Kier alpha value is -1.69. The summed E-state index contributed by atoms with van der Waals surface area (Å²) in [4.78, 5) is 19.8. The molecule has 38 heavy (non-hydrogen) atoms. The van der Waals surface area contributed by atoms with Gasteiger partial charge in [-0.25, -0.2) is 15.0 Å². The summed E-state index contributed by atoms with van der Waals surface area (Å²) in [7, 11) is 0. The highest BCUT2D eigenvalue weighted by molar-refractivity contribution is 7.99. The molecule has 4 aliphatic rings. The highest BCUT2D eigenvalue weighted by Crippen LogP contribution is 2.46. The van der Waals surface area contributed by atoms with Crippen molar-refractivity contribution in [2.45, 2.75) is 68.2 Å². The van der Waals surface area contributed by atoms with Crippen LogP contribution in [0.3, 0.4) is 0 Å². The second-order valence-electron chi connectivity index (χ2n) is 11.5. The van der Waals surface area contributed by atoms with Crippen LogP contribution in [0.2, 0.25) is 5.02 Å². The van der Waals surface area contributed by atoms with Crippen LogP contribution in [0.5, 0.6) is 0 Å². The Morgan fingerprint density at radius 3 is 2.53 bits per heavy atom. The Morgan fingerprint density at radius 2 is 1.87 bits per heavy atom. The number of hydrogen-bond acceptors (Lipinski definition) is 10. The Kier molecular flexibility index (Phi) is 7.24. The molecule has 9 nitrogen and oxygen atoms in total. The van der Waals surface area contributed by atoms with Gasteiger partial charge in [-0.3, -0.25) is 0 Å². The number of piperidine rings is 1. The Balaban J connectivity index is 1.17. The molecule has 0 amide bonds. The lowest BCUT2D eigenvalue weighted by Gasteiger charge is -2.52. The van der Waals surface area contributed by atoms with Gasteiger partial charge >= 0.3 is 0 Å². The van der Waals surface area contributed by atoms with Crippen LogP contribution in [0.4, 0.5) is 11.6 Å². The van der Waals surface area contributed by atoms with E-state index in [4.69, 9.17) is 36.8 Å². The van der Waals surface area contributed by atoms with Gasteiger partial charge in [-0.1, -0.05) is 23.4 Å². The average molecular weight is 561 g/mol. The van der Waals surface area contributed by atoms with Crippen LogP contribution in [0, 0.1) is 17.8 Å². The third-order valence-corrected chi connectivity index (χ3v) is 10.7. The number of aromatic nitrogens is 3. The van der Waals surface area contributed by atoms with Crippen molar-refractivity contribution < 1.29 is 14.6 Å². The van der Waals surface area contributed by atoms with Gasteiger partial charge in [0.15, 0.2) is 5.82 Å². The van der Waals surface area contributed by atoms with E-state index in [1.165, 1.54) is 11.8 Å². The summed E-state index contributed by atoms with van der Waals surface area (Å²) in [6.07, 6.45) is 5.99. The third kappa shape index (κ3) is 4.67. The van der Waals surface area contributed by atoms with Crippen molar-refractivity contribution in [1.82, 2.24) is 15.0 Å². The van der Waals surface area contributed by atoms with E-state index in [0.29, 0.717) is 16.1 Å². The second kappa shape index (κ2) is 10.4. The molecule has 3 N–H and O–H groups in total. The predicted octanol–water partition coefficient (Wildman–Crippen LogP) is 3.43. The summed E-state index contributed by atoms with van der Waals surface area (Å²) in [5.74, 6) is 1.58. The maximum Gasteiger partial charge on any atom is 0.153 e. The number of nitrogens with zero attached hydrogens (tertiary/aromatic N) is 5. The van der Waals surface area contributed by atoms with E-state index in [2.05, 4.69) is 21.7 Å². The normalized spacial score (nSPS) is 26.2. The summed E-state index contributed by atoms with van der Waals surface area (Å²) in [6.45, 7) is 9.82. The van der Waals surface area contributed by atoms with Gasteiger partial charge in [-0.05, 0) is 45.6 Å². The number of rotatable bonds is 5. The smallest absolute Gasteiger partial charge is 0.153 e. The van der Waals surface area contributed by atoms with E-state index in [0.717, 1.165) is 98.9 Å². The zero-order chi connectivity index (χ0) is 26.5.